The summed E-state index contributed by atoms with van der Waals surface area (Å²) in [7, 11) is 2.18. The van der Waals surface area contributed by atoms with Gasteiger partial charge in [0, 0.05) is 19.1 Å². The highest BCUT2D eigenvalue weighted by molar-refractivity contribution is 5.22. The fourth-order valence-electron chi connectivity index (χ4n) is 2.37. The third-order valence-electron chi connectivity index (χ3n) is 3.76. The molecule has 0 amide bonds. The van der Waals surface area contributed by atoms with Gasteiger partial charge in [0.2, 0.25) is 0 Å². The van der Waals surface area contributed by atoms with Crippen LogP contribution >= 0.6 is 0 Å². The van der Waals surface area contributed by atoms with Crippen molar-refractivity contribution in [1.29, 1.82) is 0 Å². The van der Waals surface area contributed by atoms with Crippen molar-refractivity contribution in [3.63, 3.8) is 0 Å². The topological polar surface area (TPSA) is 29.3 Å². The molecule has 1 atom stereocenters. The number of likely N-dealkylation sites (N-methyl/N-ethyl adjacent to an activating group) is 1. The second-order valence-electron chi connectivity index (χ2n) is 5.45. The second-order valence-corrected chi connectivity index (χ2v) is 5.45. The average molecular weight is 248 g/mol. The van der Waals surface area contributed by atoms with Crippen LogP contribution in [-0.4, -0.2) is 31.1 Å². The molecule has 0 heterocycles. The van der Waals surface area contributed by atoms with Crippen LogP contribution in [0.25, 0.3) is 0 Å². The van der Waals surface area contributed by atoms with Crippen LogP contribution in [0.15, 0.2) is 24.3 Å². The molecular formula is C16H28N2. The number of hydrogen-bond donors (Lipinski definition) is 1. The van der Waals surface area contributed by atoms with Crippen molar-refractivity contribution in [2.24, 2.45) is 11.7 Å². The van der Waals surface area contributed by atoms with E-state index in [1.807, 2.05) is 0 Å². The average Bonchev–Trinajstić information content (AvgIpc) is 2.37. The smallest absolute Gasteiger partial charge is 0.0238 e. The van der Waals surface area contributed by atoms with Crippen molar-refractivity contribution < 1.29 is 0 Å². The zero-order valence-corrected chi connectivity index (χ0v) is 12.3. The maximum atomic E-state index is 5.84. The maximum Gasteiger partial charge on any atom is 0.0238 e. The highest BCUT2D eigenvalue weighted by Gasteiger charge is 2.16. The van der Waals surface area contributed by atoms with Gasteiger partial charge in [-0.25, -0.2) is 0 Å². The summed E-state index contributed by atoms with van der Waals surface area (Å²) in [4.78, 5) is 2.39. The van der Waals surface area contributed by atoms with E-state index < -0.39 is 0 Å². The maximum absolute atomic E-state index is 5.84. The van der Waals surface area contributed by atoms with Crippen molar-refractivity contribution in [2.75, 3.05) is 20.1 Å². The molecule has 0 fully saturated rings. The van der Waals surface area contributed by atoms with E-state index in [0.29, 0.717) is 12.0 Å². The van der Waals surface area contributed by atoms with E-state index in [0.717, 1.165) is 25.9 Å². The molecule has 0 radical (unpaired) electrons. The van der Waals surface area contributed by atoms with Gasteiger partial charge in [0.25, 0.3) is 0 Å². The Morgan fingerprint density at radius 3 is 2.11 bits per heavy atom. The van der Waals surface area contributed by atoms with Gasteiger partial charge in [0.05, 0.1) is 0 Å². The highest BCUT2D eigenvalue weighted by atomic mass is 15.1. The molecule has 0 aliphatic rings. The van der Waals surface area contributed by atoms with Gasteiger partial charge in [-0.15, -0.1) is 0 Å². The number of nitrogens with two attached hydrogens (primary N) is 1. The lowest BCUT2D eigenvalue weighted by molar-refractivity contribution is 0.200. The third-order valence-corrected chi connectivity index (χ3v) is 3.76. The van der Waals surface area contributed by atoms with Gasteiger partial charge in [-0.05, 0) is 36.9 Å². The number of aryl methyl sites for hydroxylation is 1. The lowest BCUT2D eigenvalue weighted by Crippen LogP contribution is -2.42. The summed E-state index contributed by atoms with van der Waals surface area (Å²) < 4.78 is 0. The van der Waals surface area contributed by atoms with Crippen molar-refractivity contribution in [1.82, 2.24) is 4.90 Å². The molecule has 2 heteroatoms. The van der Waals surface area contributed by atoms with E-state index in [1.165, 1.54) is 11.1 Å². The molecular weight excluding hydrogens is 220 g/mol. The minimum atomic E-state index is 0.486. The van der Waals surface area contributed by atoms with E-state index in [9.17, 15) is 0 Å². The highest BCUT2D eigenvalue weighted by Crippen LogP contribution is 2.10. The van der Waals surface area contributed by atoms with Gasteiger partial charge in [-0.2, -0.15) is 0 Å². The Morgan fingerprint density at radius 2 is 1.67 bits per heavy atom. The van der Waals surface area contributed by atoms with Crippen LogP contribution in [0.5, 0.6) is 0 Å². The molecule has 2 nitrogen and oxygen atoms in total. The van der Waals surface area contributed by atoms with Crippen LogP contribution in [0.4, 0.5) is 0 Å². The molecule has 18 heavy (non-hydrogen) atoms. The van der Waals surface area contributed by atoms with Crippen LogP contribution in [0.1, 0.15) is 31.9 Å². The molecule has 2 N–H and O–H groups in total. The van der Waals surface area contributed by atoms with Crippen LogP contribution in [0.3, 0.4) is 0 Å². The fraction of sp³-hybridized carbons (Fsp3) is 0.625. The first kappa shape index (κ1) is 15.2. The van der Waals surface area contributed by atoms with E-state index in [-0.39, 0.29) is 0 Å². The van der Waals surface area contributed by atoms with Crippen LogP contribution in [-0.2, 0) is 12.8 Å². The summed E-state index contributed by atoms with van der Waals surface area (Å²) in [6, 6.07) is 9.45. The summed E-state index contributed by atoms with van der Waals surface area (Å²) in [6.07, 6.45) is 2.21. The third kappa shape index (κ3) is 4.43. The second kappa shape index (κ2) is 7.55. The van der Waals surface area contributed by atoms with Crippen molar-refractivity contribution in [2.45, 2.75) is 39.7 Å². The van der Waals surface area contributed by atoms with Gasteiger partial charge in [-0.1, -0.05) is 45.0 Å². The fourth-order valence-corrected chi connectivity index (χ4v) is 2.37. The van der Waals surface area contributed by atoms with Crippen molar-refractivity contribution in [3.05, 3.63) is 35.4 Å². The monoisotopic (exact) mass is 248 g/mol. The van der Waals surface area contributed by atoms with Crippen LogP contribution in [0, 0.1) is 5.92 Å². The summed E-state index contributed by atoms with van der Waals surface area (Å²) in [5.41, 5.74) is 8.67. The largest absolute Gasteiger partial charge is 0.329 e. The SMILES string of the molecule is CCc1ccc(CCN(C)C(CN)C(C)C)cc1. The molecule has 1 unspecified atom stereocenters. The normalized spacial score (nSPS) is 13.3. The Balaban J connectivity index is 2.48. The molecule has 1 aromatic rings. The van der Waals surface area contributed by atoms with Gasteiger partial charge < -0.3 is 10.6 Å². The lowest BCUT2D eigenvalue weighted by Gasteiger charge is -2.30. The van der Waals surface area contributed by atoms with Crippen molar-refractivity contribution >= 4 is 0 Å². The first-order chi connectivity index (χ1) is 8.58. The minimum Gasteiger partial charge on any atom is -0.329 e. The molecule has 102 valence electrons. The van der Waals surface area contributed by atoms with Gasteiger partial charge in [0.15, 0.2) is 0 Å². The number of rotatable bonds is 7. The molecule has 0 aromatic heterocycles. The molecule has 0 bridgehead atoms. The van der Waals surface area contributed by atoms with Gasteiger partial charge in [-0.3, -0.25) is 0 Å². The number of hydrogen-bond acceptors (Lipinski definition) is 2. The van der Waals surface area contributed by atoms with Crippen molar-refractivity contribution in [3.8, 4) is 0 Å². The summed E-state index contributed by atoms with van der Waals surface area (Å²) in [5.74, 6) is 0.613. The first-order valence-electron chi connectivity index (χ1n) is 7.06. The minimum absolute atomic E-state index is 0.486. The van der Waals surface area contributed by atoms with Gasteiger partial charge >= 0.3 is 0 Å². The molecule has 0 aliphatic carbocycles. The Bertz CT molecular complexity index is 329. The molecule has 0 saturated heterocycles. The molecule has 1 aromatic carbocycles. The van der Waals surface area contributed by atoms with E-state index >= 15 is 0 Å². The number of benzene rings is 1. The Morgan fingerprint density at radius 1 is 1.11 bits per heavy atom. The Kier molecular flexibility index (Phi) is 6.37. The predicted octanol–water partition coefficient (Wildman–Crippen LogP) is 2.71. The Hall–Kier alpha value is -0.860. The molecule has 0 spiro atoms. The first-order valence-corrected chi connectivity index (χ1v) is 7.06. The van der Waals surface area contributed by atoms with Crippen LogP contribution < -0.4 is 5.73 Å². The Labute approximate surface area is 112 Å². The van der Waals surface area contributed by atoms with Crippen LogP contribution in [0.2, 0.25) is 0 Å². The summed E-state index contributed by atoms with van der Waals surface area (Å²) >= 11 is 0. The standard InChI is InChI=1S/C16H28N2/c1-5-14-6-8-15(9-7-14)10-11-18(4)16(12-17)13(2)3/h6-9,13,16H,5,10-12,17H2,1-4H3. The van der Waals surface area contributed by atoms with E-state index in [2.05, 4.69) is 57.0 Å². The zero-order chi connectivity index (χ0) is 13.5. The molecule has 0 aliphatic heterocycles. The number of nitrogens with zero attached hydrogens (tertiary/aromatic N) is 1. The molecule has 0 saturated carbocycles. The van der Waals surface area contributed by atoms with Gasteiger partial charge in [0.1, 0.15) is 0 Å². The predicted molar refractivity (Wildman–Crippen MR) is 79.8 cm³/mol. The zero-order valence-electron chi connectivity index (χ0n) is 12.3. The summed E-state index contributed by atoms with van der Waals surface area (Å²) in [6.45, 7) is 8.49. The van der Waals surface area contributed by atoms with E-state index in [4.69, 9.17) is 5.73 Å². The lowest BCUT2D eigenvalue weighted by atomic mass is 10.0. The molecule has 1 rings (SSSR count). The quantitative estimate of drug-likeness (QED) is 0.804. The van der Waals surface area contributed by atoms with E-state index in [1.54, 1.807) is 0 Å². The summed E-state index contributed by atoms with van der Waals surface area (Å²) in [5, 5.41) is 0.